The molecule has 0 bridgehead atoms. The molecule has 4 rings (SSSR count). The molecular weight excluding hydrogens is 310 g/mol. The quantitative estimate of drug-likeness (QED) is 0.762. The molecule has 2 atom stereocenters. The van der Waals surface area contributed by atoms with Crippen molar-refractivity contribution in [3.63, 3.8) is 0 Å². The number of aryl methyl sites for hydroxylation is 1. The number of hydrogen-bond acceptors (Lipinski definition) is 4. The zero-order chi connectivity index (χ0) is 17.1. The van der Waals surface area contributed by atoms with Gasteiger partial charge in [0.1, 0.15) is 5.82 Å². The summed E-state index contributed by atoms with van der Waals surface area (Å²) in [4.78, 5) is 9.40. The van der Waals surface area contributed by atoms with E-state index in [-0.39, 0.29) is 6.10 Å². The summed E-state index contributed by atoms with van der Waals surface area (Å²) < 4.78 is 6.09. The molecule has 128 valence electrons. The van der Waals surface area contributed by atoms with Crippen molar-refractivity contribution in [3.05, 3.63) is 65.9 Å². The van der Waals surface area contributed by atoms with Crippen molar-refractivity contribution in [2.45, 2.75) is 25.9 Å². The largest absolute Gasteiger partial charge is 0.373 e. The third-order valence-electron chi connectivity index (χ3n) is 4.85. The van der Waals surface area contributed by atoms with Crippen molar-refractivity contribution in [3.8, 4) is 0 Å². The first kappa shape index (κ1) is 16.0. The predicted octanol–water partition coefficient (Wildman–Crippen LogP) is 4.52. The van der Waals surface area contributed by atoms with E-state index in [1.165, 1.54) is 5.56 Å². The van der Waals surface area contributed by atoms with Gasteiger partial charge in [0.15, 0.2) is 0 Å². The van der Waals surface area contributed by atoms with Crippen LogP contribution < -0.4 is 5.32 Å². The Bertz CT molecular complexity index is 850. The van der Waals surface area contributed by atoms with Crippen molar-refractivity contribution in [1.29, 1.82) is 0 Å². The van der Waals surface area contributed by atoms with E-state index in [1.807, 2.05) is 37.3 Å². The van der Waals surface area contributed by atoms with Crippen molar-refractivity contribution < 1.29 is 4.74 Å². The van der Waals surface area contributed by atoms with Crippen LogP contribution in [0, 0.1) is 12.8 Å². The van der Waals surface area contributed by atoms with E-state index in [0.717, 1.165) is 48.5 Å². The molecule has 4 heteroatoms. The van der Waals surface area contributed by atoms with Gasteiger partial charge in [0.25, 0.3) is 0 Å². The topological polar surface area (TPSA) is 47.0 Å². The average Bonchev–Trinajstić information content (AvgIpc) is 2.67. The predicted molar refractivity (Wildman–Crippen MR) is 101 cm³/mol. The first-order valence-electron chi connectivity index (χ1n) is 8.95. The van der Waals surface area contributed by atoms with Crippen molar-refractivity contribution in [2.24, 2.45) is 5.92 Å². The third kappa shape index (κ3) is 3.49. The highest BCUT2D eigenvalue weighted by Gasteiger charge is 2.27. The van der Waals surface area contributed by atoms with Crippen LogP contribution in [0.3, 0.4) is 0 Å². The van der Waals surface area contributed by atoms with E-state index in [1.54, 1.807) is 0 Å². The Balaban J connectivity index is 1.52. The van der Waals surface area contributed by atoms with E-state index in [4.69, 9.17) is 9.72 Å². The maximum atomic E-state index is 6.09. The second-order valence-corrected chi connectivity index (χ2v) is 6.63. The maximum Gasteiger partial charge on any atom is 0.148 e. The first-order valence-corrected chi connectivity index (χ1v) is 8.95. The maximum absolute atomic E-state index is 6.09. The van der Waals surface area contributed by atoms with Gasteiger partial charge >= 0.3 is 0 Å². The van der Waals surface area contributed by atoms with Gasteiger partial charge in [-0.3, -0.25) is 0 Å². The summed E-state index contributed by atoms with van der Waals surface area (Å²) in [5, 5.41) is 3.52. The van der Waals surface area contributed by atoms with Crippen molar-refractivity contribution >= 4 is 16.9 Å². The summed E-state index contributed by atoms with van der Waals surface area (Å²) >= 11 is 0. The molecule has 1 N–H and O–H groups in total. The van der Waals surface area contributed by atoms with Crippen LogP contribution in [-0.2, 0) is 4.74 Å². The van der Waals surface area contributed by atoms with E-state index < -0.39 is 0 Å². The second kappa shape index (κ2) is 7.19. The first-order chi connectivity index (χ1) is 12.3. The minimum atomic E-state index is 0.149. The van der Waals surface area contributed by atoms with E-state index in [2.05, 4.69) is 34.6 Å². The molecule has 1 aromatic heterocycles. The number of aromatic nitrogens is 2. The van der Waals surface area contributed by atoms with E-state index in [9.17, 15) is 0 Å². The Morgan fingerprint density at radius 3 is 2.52 bits per heavy atom. The summed E-state index contributed by atoms with van der Waals surface area (Å²) in [6.45, 7) is 3.69. The Hall–Kier alpha value is -2.46. The Morgan fingerprint density at radius 2 is 1.72 bits per heavy atom. The molecule has 4 nitrogen and oxygen atoms in total. The number of rotatable bonds is 4. The van der Waals surface area contributed by atoms with Gasteiger partial charge in [0, 0.05) is 19.1 Å². The smallest absolute Gasteiger partial charge is 0.148 e. The van der Waals surface area contributed by atoms with Crippen LogP contribution in [0.15, 0.2) is 54.6 Å². The fourth-order valence-corrected chi connectivity index (χ4v) is 3.55. The molecule has 2 heterocycles. The molecular formula is C21H23N3O. The number of fused-ring (bicyclic) bond motifs is 1. The summed E-state index contributed by atoms with van der Waals surface area (Å²) in [7, 11) is 0. The molecule has 0 amide bonds. The zero-order valence-corrected chi connectivity index (χ0v) is 14.5. The molecule has 0 radical (unpaired) electrons. The van der Waals surface area contributed by atoms with Gasteiger partial charge < -0.3 is 10.1 Å². The lowest BCUT2D eigenvalue weighted by Gasteiger charge is -2.32. The Labute approximate surface area is 148 Å². The fraction of sp³-hybridized carbons (Fsp3) is 0.333. The molecule has 2 unspecified atom stereocenters. The lowest BCUT2D eigenvalue weighted by molar-refractivity contribution is -0.0238. The standard InChI is InChI=1S/C21H23N3O/c1-15-21(24-19-12-6-5-11-18(19)23-15)22-14-17-10-7-13-25-20(17)16-8-3-2-4-9-16/h2-6,8-9,11-12,17,20H,7,10,13-14H2,1H3,(H,22,24). The Kier molecular flexibility index (Phi) is 4.61. The van der Waals surface area contributed by atoms with Crippen molar-refractivity contribution in [2.75, 3.05) is 18.5 Å². The highest BCUT2D eigenvalue weighted by molar-refractivity contribution is 5.76. The normalized spacial score (nSPS) is 20.5. The summed E-state index contributed by atoms with van der Waals surface area (Å²) in [5.41, 5.74) is 4.06. The highest BCUT2D eigenvalue weighted by atomic mass is 16.5. The molecule has 1 saturated heterocycles. The fourth-order valence-electron chi connectivity index (χ4n) is 3.55. The van der Waals surface area contributed by atoms with Crippen molar-refractivity contribution in [1.82, 2.24) is 9.97 Å². The number of nitrogens with one attached hydrogen (secondary N) is 1. The summed E-state index contributed by atoms with van der Waals surface area (Å²) in [6.07, 6.45) is 2.42. The molecule has 2 aromatic carbocycles. The second-order valence-electron chi connectivity index (χ2n) is 6.63. The molecule has 1 aliphatic rings. The SMILES string of the molecule is Cc1nc2ccccc2nc1NCC1CCCOC1c1ccccc1. The molecule has 1 aliphatic heterocycles. The van der Waals surface area contributed by atoms with Crippen LogP contribution in [-0.4, -0.2) is 23.1 Å². The number of anilines is 1. The van der Waals surface area contributed by atoms with Crippen LogP contribution in [0.4, 0.5) is 5.82 Å². The van der Waals surface area contributed by atoms with Crippen LogP contribution >= 0.6 is 0 Å². The lowest BCUT2D eigenvalue weighted by atomic mass is 9.89. The van der Waals surface area contributed by atoms with E-state index >= 15 is 0 Å². The van der Waals surface area contributed by atoms with Crippen LogP contribution in [0.5, 0.6) is 0 Å². The van der Waals surface area contributed by atoms with Gasteiger partial charge in [0.05, 0.1) is 22.8 Å². The zero-order valence-electron chi connectivity index (χ0n) is 14.5. The molecule has 25 heavy (non-hydrogen) atoms. The van der Waals surface area contributed by atoms with Gasteiger partial charge in [-0.1, -0.05) is 42.5 Å². The van der Waals surface area contributed by atoms with Gasteiger partial charge in [0.2, 0.25) is 0 Å². The monoisotopic (exact) mass is 333 g/mol. The molecule has 1 fully saturated rings. The molecule has 3 aromatic rings. The van der Waals surface area contributed by atoms with Crippen LogP contribution in [0.1, 0.15) is 30.2 Å². The van der Waals surface area contributed by atoms with Gasteiger partial charge in [-0.2, -0.15) is 0 Å². The van der Waals surface area contributed by atoms with Crippen LogP contribution in [0.2, 0.25) is 0 Å². The number of ether oxygens (including phenoxy) is 1. The van der Waals surface area contributed by atoms with Gasteiger partial charge in [-0.05, 0) is 37.5 Å². The molecule has 0 aliphatic carbocycles. The lowest BCUT2D eigenvalue weighted by Crippen LogP contribution is -2.28. The summed E-state index contributed by atoms with van der Waals surface area (Å²) in [5.74, 6) is 1.31. The number of nitrogens with zero attached hydrogens (tertiary/aromatic N) is 2. The Morgan fingerprint density at radius 1 is 1.00 bits per heavy atom. The van der Waals surface area contributed by atoms with Crippen LogP contribution in [0.25, 0.3) is 11.0 Å². The van der Waals surface area contributed by atoms with Gasteiger partial charge in [-0.15, -0.1) is 0 Å². The van der Waals surface area contributed by atoms with Gasteiger partial charge in [-0.25, -0.2) is 9.97 Å². The average molecular weight is 333 g/mol. The molecule has 0 spiro atoms. The minimum Gasteiger partial charge on any atom is -0.373 e. The number of para-hydroxylation sites is 2. The summed E-state index contributed by atoms with van der Waals surface area (Å²) in [6, 6.07) is 18.5. The third-order valence-corrected chi connectivity index (χ3v) is 4.85. The number of hydrogen-bond donors (Lipinski definition) is 1. The minimum absolute atomic E-state index is 0.149. The number of benzene rings is 2. The molecule has 0 saturated carbocycles. The van der Waals surface area contributed by atoms with E-state index in [0.29, 0.717) is 5.92 Å². The highest BCUT2D eigenvalue weighted by Crippen LogP contribution is 2.33.